The highest BCUT2D eigenvalue weighted by molar-refractivity contribution is 5.47. The molecular weight excluding hydrogens is 319 g/mol. The molecule has 3 rings (SSSR count). The molecule has 0 saturated carbocycles. The van der Waals surface area contributed by atoms with Crippen LogP contribution in [-0.2, 0) is 10.9 Å². The first-order chi connectivity index (χ1) is 11.5. The second-order valence-corrected chi connectivity index (χ2v) is 5.40. The molecule has 1 aliphatic rings. The van der Waals surface area contributed by atoms with E-state index in [1.54, 1.807) is 24.4 Å². The number of anilines is 1. The van der Waals surface area contributed by atoms with Crippen molar-refractivity contribution in [3.8, 4) is 6.07 Å². The first-order valence-electron chi connectivity index (χ1n) is 7.38. The zero-order chi connectivity index (χ0) is 17.2. The monoisotopic (exact) mass is 333 g/mol. The van der Waals surface area contributed by atoms with Gasteiger partial charge >= 0.3 is 6.18 Å². The normalized spacial score (nSPS) is 18.2. The highest BCUT2D eigenvalue weighted by atomic mass is 19.4. The molecule has 1 unspecified atom stereocenters. The summed E-state index contributed by atoms with van der Waals surface area (Å²) in [7, 11) is 0. The number of morpholine rings is 1. The number of aromatic nitrogens is 1. The molecule has 1 saturated heterocycles. The molecule has 124 valence electrons. The maximum Gasteiger partial charge on any atom is 0.416 e. The van der Waals surface area contributed by atoms with E-state index >= 15 is 0 Å². The van der Waals surface area contributed by atoms with Crippen molar-refractivity contribution >= 4 is 5.69 Å². The molecule has 0 radical (unpaired) electrons. The zero-order valence-electron chi connectivity index (χ0n) is 12.6. The second kappa shape index (κ2) is 6.49. The van der Waals surface area contributed by atoms with E-state index in [1.165, 1.54) is 12.1 Å². The number of hydrogen-bond acceptors (Lipinski definition) is 4. The molecule has 0 amide bonds. The minimum Gasteiger partial charge on any atom is -0.370 e. The average Bonchev–Trinajstić information content (AvgIpc) is 2.61. The van der Waals surface area contributed by atoms with E-state index in [9.17, 15) is 13.2 Å². The number of hydrogen-bond donors (Lipinski definition) is 0. The summed E-state index contributed by atoms with van der Waals surface area (Å²) in [5, 5.41) is 8.78. The van der Waals surface area contributed by atoms with Gasteiger partial charge in [0.1, 0.15) is 17.9 Å². The average molecular weight is 333 g/mol. The number of rotatable bonds is 2. The molecule has 4 nitrogen and oxygen atoms in total. The smallest absolute Gasteiger partial charge is 0.370 e. The molecular formula is C17H14F3N3O. The summed E-state index contributed by atoms with van der Waals surface area (Å²) in [5.41, 5.74) is 0.517. The molecule has 2 heterocycles. The van der Waals surface area contributed by atoms with E-state index in [2.05, 4.69) is 4.98 Å². The lowest BCUT2D eigenvalue weighted by atomic mass is 10.0. The Morgan fingerprint density at radius 1 is 1.21 bits per heavy atom. The van der Waals surface area contributed by atoms with Crippen molar-refractivity contribution in [3.05, 3.63) is 59.4 Å². The van der Waals surface area contributed by atoms with Crippen molar-refractivity contribution in [1.82, 2.24) is 4.98 Å². The quantitative estimate of drug-likeness (QED) is 0.843. The molecule has 1 fully saturated rings. The van der Waals surface area contributed by atoms with Crippen LogP contribution < -0.4 is 4.90 Å². The third-order valence-corrected chi connectivity index (χ3v) is 3.91. The van der Waals surface area contributed by atoms with Crippen LogP contribution >= 0.6 is 0 Å². The Bertz CT molecular complexity index is 753. The summed E-state index contributed by atoms with van der Waals surface area (Å²) >= 11 is 0. The van der Waals surface area contributed by atoms with E-state index in [-0.39, 0.29) is 5.56 Å². The number of halogens is 3. The van der Waals surface area contributed by atoms with Crippen LogP contribution in [0.4, 0.5) is 18.9 Å². The second-order valence-electron chi connectivity index (χ2n) is 5.40. The molecule has 1 aromatic carbocycles. The van der Waals surface area contributed by atoms with Crippen molar-refractivity contribution < 1.29 is 17.9 Å². The van der Waals surface area contributed by atoms with Crippen LogP contribution in [0.5, 0.6) is 0 Å². The van der Waals surface area contributed by atoms with E-state index in [4.69, 9.17) is 10.00 Å². The predicted octanol–water partition coefficient (Wildman–Crippen LogP) is 3.55. The Hall–Kier alpha value is -2.59. The first-order valence-corrected chi connectivity index (χ1v) is 7.38. The first kappa shape index (κ1) is 16.3. The summed E-state index contributed by atoms with van der Waals surface area (Å²) < 4.78 is 45.2. The number of ether oxygens (including phenoxy) is 1. The minimum atomic E-state index is -4.42. The van der Waals surface area contributed by atoms with E-state index < -0.39 is 17.8 Å². The lowest BCUT2D eigenvalue weighted by Crippen LogP contribution is -2.39. The summed E-state index contributed by atoms with van der Waals surface area (Å²) in [6.45, 7) is 1.16. The number of nitriles is 1. The largest absolute Gasteiger partial charge is 0.416 e. The highest BCUT2D eigenvalue weighted by Crippen LogP contribution is 2.37. The van der Waals surface area contributed by atoms with Gasteiger partial charge in [0, 0.05) is 13.1 Å². The molecule has 0 bridgehead atoms. The Morgan fingerprint density at radius 2 is 2.00 bits per heavy atom. The highest BCUT2D eigenvalue weighted by Gasteiger charge is 2.36. The maximum atomic E-state index is 13.2. The standard InChI is InChI=1S/C17H14F3N3O/c18-17(19,20)15-4-2-1-3-14(15)16-11-23(7-8-24-16)13-6-5-12(9-21)22-10-13/h1-6,10,16H,7-8,11H2. The van der Waals surface area contributed by atoms with Gasteiger partial charge < -0.3 is 9.64 Å². The van der Waals surface area contributed by atoms with E-state index in [1.807, 2.05) is 11.0 Å². The van der Waals surface area contributed by atoms with Crippen LogP contribution in [0.1, 0.15) is 22.9 Å². The topological polar surface area (TPSA) is 49.2 Å². The third kappa shape index (κ3) is 3.34. The fourth-order valence-electron chi connectivity index (χ4n) is 2.75. The van der Waals surface area contributed by atoms with Gasteiger partial charge in [0.25, 0.3) is 0 Å². The van der Waals surface area contributed by atoms with Crippen molar-refractivity contribution in [1.29, 1.82) is 5.26 Å². The molecule has 24 heavy (non-hydrogen) atoms. The van der Waals surface area contributed by atoms with E-state index in [0.717, 1.165) is 11.8 Å². The van der Waals surface area contributed by atoms with Crippen LogP contribution in [0, 0.1) is 11.3 Å². The van der Waals surface area contributed by atoms with Crippen molar-refractivity contribution in [2.45, 2.75) is 12.3 Å². The van der Waals surface area contributed by atoms with Gasteiger partial charge in [-0.3, -0.25) is 0 Å². The van der Waals surface area contributed by atoms with Crippen LogP contribution in [0.25, 0.3) is 0 Å². The molecule has 7 heteroatoms. The van der Waals surface area contributed by atoms with Crippen molar-refractivity contribution in [3.63, 3.8) is 0 Å². The molecule has 2 aromatic rings. The number of nitrogens with zero attached hydrogens (tertiary/aromatic N) is 3. The van der Waals surface area contributed by atoms with E-state index in [0.29, 0.717) is 25.4 Å². The van der Waals surface area contributed by atoms with Gasteiger partial charge in [0.15, 0.2) is 0 Å². The van der Waals surface area contributed by atoms with Gasteiger partial charge in [-0.05, 0) is 23.8 Å². The molecule has 1 aliphatic heterocycles. The lowest BCUT2D eigenvalue weighted by molar-refractivity contribution is -0.139. The van der Waals surface area contributed by atoms with Gasteiger partial charge in [0.05, 0.1) is 24.1 Å². The Kier molecular flexibility index (Phi) is 4.40. The fraction of sp³-hybridized carbons (Fsp3) is 0.294. The third-order valence-electron chi connectivity index (χ3n) is 3.91. The van der Waals surface area contributed by atoms with Gasteiger partial charge in [0.2, 0.25) is 0 Å². The van der Waals surface area contributed by atoms with Gasteiger partial charge in [-0.1, -0.05) is 18.2 Å². The maximum absolute atomic E-state index is 13.2. The van der Waals surface area contributed by atoms with Crippen LogP contribution in [0.3, 0.4) is 0 Å². The van der Waals surface area contributed by atoms with Crippen LogP contribution in [0.2, 0.25) is 0 Å². The van der Waals surface area contributed by atoms with Gasteiger partial charge in [-0.2, -0.15) is 18.4 Å². The Morgan fingerprint density at radius 3 is 2.67 bits per heavy atom. The Balaban J connectivity index is 1.85. The number of pyridine rings is 1. The van der Waals surface area contributed by atoms with Crippen molar-refractivity contribution in [2.24, 2.45) is 0 Å². The molecule has 0 N–H and O–H groups in total. The molecule has 0 aliphatic carbocycles. The molecule has 0 spiro atoms. The fourth-order valence-corrected chi connectivity index (χ4v) is 2.75. The lowest BCUT2D eigenvalue weighted by Gasteiger charge is -2.35. The molecule has 1 aromatic heterocycles. The summed E-state index contributed by atoms with van der Waals surface area (Å²) in [5.74, 6) is 0. The SMILES string of the molecule is N#Cc1ccc(N2CCOC(c3ccccc3C(F)(F)F)C2)cn1. The van der Waals surface area contributed by atoms with Gasteiger partial charge in [-0.25, -0.2) is 4.98 Å². The summed E-state index contributed by atoms with van der Waals surface area (Å²) in [6.07, 6.45) is -3.54. The predicted molar refractivity (Wildman–Crippen MR) is 81.3 cm³/mol. The zero-order valence-corrected chi connectivity index (χ0v) is 12.6. The Labute approximate surface area is 137 Å². The summed E-state index contributed by atoms with van der Waals surface area (Å²) in [6, 6.07) is 10.7. The number of alkyl halides is 3. The summed E-state index contributed by atoms with van der Waals surface area (Å²) in [4.78, 5) is 5.92. The minimum absolute atomic E-state index is 0.135. The molecule has 1 atom stereocenters. The van der Waals surface area contributed by atoms with Crippen LogP contribution in [0.15, 0.2) is 42.6 Å². The van der Waals surface area contributed by atoms with Crippen molar-refractivity contribution in [2.75, 3.05) is 24.6 Å². The van der Waals surface area contributed by atoms with Crippen LogP contribution in [-0.4, -0.2) is 24.7 Å². The van der Waals surface area contributed by atoms with Gasteiger partial charge in [-0.15, -0.1) is 0 Å². The number of benzene rings is 1.